The van der Waals surface area contributed by atoms with Crippen LogP contribution in [0.5, 0.6) is 0 Å². The molecule has 4 saturated heterocycles. The molecule has 9 heteroatoms. The Labute approximate surface area is 262 Å². The molecule has 5 heterocycles. The largest absolute Gasteiger partial charge is 0.472 e. The van der Waals surface area contributed by atoms with Crippen LogP contribution in [0, 0.1) is 28.1 Å². The van der Waals surface area contributed by atoms with Crippen LogP contribution in [0.4, 0.5) is 0 Å². The maximum atomic E-state index is 13.7. The topological polar surface area (TPSA) is 114 Å². The summed E-state index contributed by atoms with van der Waals surface area (Å²) in [5.41, 5.74) is -1.72. The van der Waals surface area contributed by atoms with Crippen LogP contribution >= 0.6 is 0 Å². The zero-order valence-corrected chi connectivity index (χ0v) is 26.2. The number of rotatable bonds is 5. The number of cyclic esters (lactones) is 2. The molecule has 6 fully saturated rings. The fourth-order valence-corrected chi connectivity index (χ4v) is 10.8. The van der Waals surface area contributed by atoms with Crippen molar-refractivity contribution in [1.82, 2.24) is 0 Å². The van der Waals surface area contributed by atoms with Gasteiger partial charge in [-0.3, -0.25) is 9.59 Å². The first-order chi connectivity index (χ1) is 21.5. The zero-order chi connectivity index (χ0) is 31.4. The molecule has 1 aromatic heterocycles. The summed E-state index contributed by atoms with van der Waals surface area (Å²) < 4.78 is 37.4. The fourth-order valence-electron chi connectivity index (χ4n) is 10.8. The minimum atomic E-state index is -0.969. The van der Waals surface area contributed by atoms with Crippen LogP contribution in [0.1, 0.15) is 77.0 Å². The zero-order valence-electron chi connectivity index (χ0n) is 26.2. The normalized spacial score (nSPS) is 44.0. The Kier molecular flexibility index (Phi) is 6.15. The molecule has 2 saturated carbocycles. The molecule has 0 N–H and O–H groups in total. The Morgan fingerprint density at radius 2 is 1.82 bits per heavy atom. The molecule has 10 atom stereocenters. The molecule has 0 unspecified atom stereocenters. The van der Waals surface area contributed by atoms with E-state index in [1.807, 2.05) is 48.6 Å². The van der Waals surface area contributed by atoms with Crippen molar-refractivity contribution in [2.24, 2.45) is 28.1 Å². The number of ether oxygens (including phenoxy) is 5. The monoisotopic (exact) mass is 616 g/mol. The van der Waals surface area contributed by atoms with Crippen LogP contribution in [-0.2, 0) is 38.1 Å². The maximum Gasteiger partial charge on any atom is 0.339 e. The number of carbonyl (C=O) groups excluding carboxylic acids is 3. The van der Waals surface area contributed by atoms with E-state index in [2.05, 4.69) is 27.7 Å². The lowest BCUT2D eigenvalue weighted by molar-refractivity contribution is -0.265. The third-order valence-electron chi connectivity index (χ3n) is 12.6. The van der Waals surface area contributed by atoms with Crippen molar-refractivity contribution in [3.05, 3.63) is 66.1 Å². The van der Waals surface area contributed by atoms with Gasteiger partial charge in [0.15, 0.2) is 6.10 Å². The Balaban J connectivity index is 1.22. The second kappa shape index (κ2) is 9.55. The molecular weight excluding hydrogens is 576 g/mol. The van der Waals surface area contributed by atoms with Crippen LogP contribution in [0.15, 0.2) is 59.4 Å². The molecule has 2 aromatic rings. The number of benzene rings is 1. The SMILES string of the molecule is CC1(C)O[C@H]2CC(=O)OC[C@]23[C@H]2CC[C@@]4(C)[C@H](c5ccoc5)OC(=O)[C@H]5O[C@]54[C@]2(C)[C@@H](OC(=O)C/C=C/c2ccccc2)C[C@@H]13. The van der Waals surface area contributed by atoms with Crippen molar-refractivity contribution in [3.8, 4) is 0 Å². The van der Waals surface area contributed by atoms with Gasteiger partial charge >= 0.3 is 17.9 Å². The summed E-state index contributed by atoms with van der Waals surface area (Å²) in [6, 6.07) is 11.7. The third kappa shape index (κ3) is 3.71. The molecule has 2 spiro atoms. The van der Waals surface area contributed by atoms with Gasteiger partial charge in [-0.1, -0.05) is 56.3 Å². The molecule has 0 radical (unpaired) electrons. The first-order valence-corrected chi connectivity index (χ1v) is 16.1. The first kappa shape index (κ1) is 29.0. The highest BCUT2D eigenvalue weighted by molar-refractivity contribution is 5.82. The van der Waals surface area contributed by atoms with Crippen molar-refractivity contribution in [1.29, 1.82) is 0 Å². The summed E-state index contributed by atoms with van der Waals surface area (Å²) in [4.78, 5) is 39.9. The average Bonchev–Trinajstić information content (AvgIpc) is 3.49. The van der Waals surface area contributed by atoms with Gasteiger partial charge in [0.1, 0.15) is 24.4 Å². The number of hydrogen-bond acceptors (Lipinski definition) is 9. The third-order valence-corrected chi connectivity index (χ3v) is 12.6. The minimum absolute atomic E-state index is 0.0444. The van der Waals surface area contributed by atoms with Gasteiger partial charge < -0.3 is 28.1 Å². The van der Waals surface area contributed by atoms with Crippen LogP contribution in [-0.4, -0.2) is 54.0 Å². The van der Waals surface area contributed by atoms with Gasteiger partial charge in [-0.2, -0.15) is 0 Å². The quantitative estimate of drug-likeness (QED) is 0.241. The Morgan fingerprint density at radius 3 is 2.58 bits per heavy atom. The van der Waals surface area contributed by atoms with E-state index in [-0.39, 0.29) is 49.3 Å². The number of carbonyl (C=O) groups is 3. The predicted molar refractivity (Wildman–Crippen MR) is 159 cm³/mol. The molecule has 8 rings (SSSR count). The summed E-state index contributed by atoms with van der Waals surface area (Å²) in [6.45, 7) is 8.65. The van der Waals surface area contributed by atoms with Crippen LogP contribution < -0.4 is 0 Å². The van der Waals surface area contributed by atoms with Crippen LogP contribution in [0.3, 0.4) is 0 Å². The van der Waals surface area contributed by atoms with E-state index in [4.69, 9.17) is 28.1 Å². The van der Waals surface area contributed by atoms with Gasteiger partial charge in [-0.05, 0) is 50.7 Å². The van der Waals surface area contributed by atoms with Gasteiger partial charge in [0.2, 0.25) is 0 Å². The number of furan rings is 1. The number of hydrogen-bond donors (Lipinski definition) is 0. The summed E-state index contributed by atoms with van der Waals surface area (Å²) in [6.07, 6.45) is 6.89. The molecular formula is C36H40O9. The van der Waals surface area contributed by atoms with E-state index in [1.165, 1.54) is 0 Å². The van der Waals surface area contributed by atoms with E-state index >= 15 is 0 Å². The highest BCUT2D eigenvalue weighted by atomic mass is 16.7. The molecule has 45 heavy (non-hydrogen) atoms. The molecule has 0 bridgehead atoms. The van der Waals surface area contributed by atoms with Gasteiger partial charge in [-0.15, -0.1) is 0 Å². The van der Waals surface area contributed by atoms with Gasteiger partial charge in [0.25, 0.3) is 0 Å². The standard InChI is InChI=1S/C36H40O9/c1-32(2)24-17-25(42-27(37)12-8-11-21-9-6-5-7-10-21)34(4)23(35(24)20-41-28(38)18-26(35)44-32)13-15-33(3)29(22-14-16-40-19-22)43-31(39)30-36(33,34)45-30/h5-11,14,16,19,23-26,29-30H,12-13,15,17-18,20H2,1-4H3/b11-8+/t23-,24-,25-,26-,29-,30+,33-,34-,35+,36+/m0/s1. The summed E-state index contributed by atoms with van der Waals surface area (Å²) >= 11 is 0. The van der Waals surface area contributed by atoms with E-state index in [9.17, 15) is 14.4 Å². The average molecular weight is 617 g/mol. The van der Waals surface area contributed by atoms with Crippen LogP contribution in [0.25, 0.3) is 6.08 Å². The Bertz CT molecular complexity index is 1560. The van der Waals surface area contributed by atoms with E-state index < -0.39 is 51.7 Å². The highest BCUT2D eigenvalue weighted by Gasteiger charge is 2.90. The Hall–Kier alpha value is -3.43. The van der Waals surface area contributed by atoms with Crippen LogP contribution in [0.2, 0.25) is 0 Å². The summed E-state index contributed by atoms with van der Waals surface area (Å²) in [5, 5.41) is 0. The van der Waals surface area contributed by atoms with Gasteiger partial charge in [0, 0.05) is 27.7 Å². The summed E-state index contributed by atoms with van der Waals surface area (Å²) in [5.74, 6) is -1.17. The number of epoxide rings is 1. The van der Waals surface area contributed by atoms with E-state index in [0.717, 1.165) is 17.5 Å². The lowest BCUT2D eigenvalue weighted by Gasteiger charge is -2.67. The van der Waals surface area contributed by atoms with E-state index in [0.29, 0.717) is 12.8 Å². The van der Waals surface area contributed by atoms with Crippen molar-refractivity contribution >= 4 is 24.0 Å². The maximum absolute atomic E-state index is 13.7. The smallest absolute Gasteiger partial charge is 0.339 e. The highest BCUT2D eigenvalue weighted by Crippen LogP contribution is 2.80. The fraction of sp³-hybridized carbons (Fsp3) is 0.583. The lowest BCUT2D eigenvalue weighted by atomic mass is 9.36. The molecule has 2 aliphatic carbocycles. The number of esters is 3. The molecule has 4 aliphatic heterocycles. The molecule has 1 aromatic carbocycles. The van der Waals surface area contributed by atoms with Crippen molar-refractivity contribution in [2.45, 2.75) is 95.4 Å². The second-order valence-corrected chi connectivity index (χ2v) is 14.9. The lowest BCUT2D eigenvalue weighted by Crippen LogP contribution is -2.74. The van der Waals surface area contributed by atoms with E-state index in [1.54, 1.807) is 12.5 Å². The Morgan fingerprint density at radius 1 is 1.02 bits per heavy atom. The molecule has 238 valence electrons. The van der Waals surface area contributed by atoms with Gasteiger partial charge in [-0.25, -0.2) is 4.79 Å². The summed E-state index contributed by atoms with van der Waals surface area (Å²) in [7, 11) is 0. The molecule has 9 nitrogen and oxygen atoms in total. The first-order valence-electron chi connectivity index (χ1n) is 16.1. The van der Waals surface area contributed by atoms with Crippen molar-refractivity contribution < 1.29 is 42.5 Å². The predicted octanol–water partition coefficient (Wildman–Crippen LogP) is 5.58. The molecule has 0 amide bonds. The van der Waals surface area contributed by atoms with Gasteiger partial charge in [0.05, 0.1) is 37.1 Å². The minimum Gasteiger partial charge on any atom is -0.472 e. The molecule has 6 aliphatic rings. The number of fused-ring (bicyclic) bond motifs is 1. The van der Waals surface area contributed by atoms with Crippen molar-refractivity contribution in [2.75, 3.05) is 6.61 Å². The second-order valence-electron chi connectivity index (χ2n) is 14.9. The van der Waals surface area contributed by atoms with Crippen molar-refractivity contribution in [3.63, 3.8) is 0 Å².